The summed E-state index contributed by atoms with van der Waals surface area (Å²) in [5.74, 6) is 0.446. The maximum absolute atomic E-state index is 12.8. The zero-order valence-electron chi connectivity index (χ0n) is 14.3. The van der Waals surface area contributed by atoms with Gasteiger partial charge in [-0.25, -0.2) is 4.98 Å². The number of hydrogen-bond donors (Lipinski definition) is 0. The molecule has 0 bridgehead atoms. The van der Waals surface area contributed by atoms with E-state index in [0.717, 1.165) is 22.8 Å². The van der Waals surface area contributed by atoms with Crippen molar-refractivity contribution in [1.82, 2.24) is 9.88 Å². The van der Waals surface area contributed by atoms with Crippen molar-refractivity contribution < 1.29 is 14.3 Å². The number of amides is 1. The number of fused-ring (bicyclic) bond motifs is 1. The molecule has 2 atom stereocenters. The molecule has 0 saturated carbocycles. The molecule has 2 aliphatic rings. The normalized spacial score (nSPS) is 25.3. The van der Waals surface area contributed by atoms with Crippen molar-refractivity contribution >= 4 is 17.2 Å². The van der Waals surface area contributed by atoms with Crippen LogP contribution >= 0.6 is 11.3 Å². The smallest absolute Gasteiger partial charge is 0.253 e. The zero-order valence-corrected chi connectivity index (χ0v) is 15.1. The van der Waals surface area contributed by atoms with Gasteiger partial charge < -0.3 is 14.4 Å². The first-order valence-corrected chi connectivity index (χ1v) is 9.45. The fraction of sp³-hybridized carbons (Fsp3) is 0.474. The van der Waals surface area contributed by atoms with Crippen LogP contribution in [0.25, 0.3) is 0 Å². The monoisotopic (exact) mass is 358 g/mol. The molecule has 1 amide bonds. The first-order chi connectivity index (χ1) is 12.2. The molecule has 1 aromatic heterocycles. The van der Waals surface area contributed by atoms with Crippen molar-refractivity contribution in [1.29, 1.82) is 0 Å². The van der Waals surface area contributed by atoms with Gasteiger partial charge in [0.25, 0.3) is 5.91 Å². The highest BCUT2D eigenvalue weighted by Crippen LogP contribution is 2.42. The van der Waals surface area contributed by atoms with E-state index in [9.17, 15) is 4.79 Å². The van der Waals surface area contributed by atoms with Crippen LogP contribution in [0.5, 0.6) is 0 Å². The van der Waals surface area contributed by atoms with E-state index in [0.29, 0.717) is 38.9 Å². The molecule has 0 N–H and O–H groups in total. The van der Waals surface area contributed by atoms with Gasteiger partial charge in [-0.15, -0.1) is 11.3 Å². The van der Waals surface area contributed by atoms with Crippen molar-refractivity contribution in [3.05, 3.63) is 52.0 Å². The summed E-state index contributed by atoms with van der Waals surface area (Å²) in [6.45, 7) is 5.93. The van der Waals surface area contributed by atoms with Crippen LogP contribution in [-0.4, -0.2) is 48.7 Å². The molecule has 2 aromatic rings. The van der Waals surface area contributed by atoms with Gasteiger partial charge in [-0.05, 0) is 19.1 Å². The summed E-state index contributed by atoms with van der Waals surface area (Å²) in [5, 5.41) is 3.09. The number of rotatable bonds is 5. The third-order valence-corrected chi connectivity index (χ3v) is 5.96. The molecule has 0 radical (unpaired) electrons. The number of likely N-dealkylation sites (tertiary alicyclic amines) is 1. The lowest BCUT2D eigenvalue weighted by atomic mass is 9.82. The zero-order chi connectivity index (χ0) is 17.3. The van der Waals surface area contributed by atoms with Crippen molar-refractivity contribution in [2.24, 2.45) is 11.3 Å². The summed E-state index contributed by atoms with van der Waals surface area (Å²) in [7, 11) is 0. The van der Waals surface area contributed by atoms with Gasteiger partial charge in [0.05, 0.1) is 37.1 Å². The Bertz CT molecular complexity index is 748. The molecule has 3 heterocycles. The molecule has 0 spiro atoms. The number of aryl methyl sites for hydroxylation is 1. The molecule has 2 aliphatic heterocycles. The summed E-state index contributed by atoms with van der Waals surface area (Å²) < 4.78 is 11.7. The molecule has 132 valence electrons. The van der Waals surface area contributed by atoms with E-state index in [-0.39, 0.29) is 11.3 Å². The Kier molecular flexibility index (Phi) is 4.58. The van der Waals surface area contributed by atoms with Crippen LogP contribution in [0.1, 0.15) is 21.1 Å². The largest absolute Gasteiger partial charge is 0.380 e. The van der Waals surface area contributed by atoms with Crippen LogP contribution in [-0.2, 0) is 16.1 Å². The molecule has 25 heavy (non-hydrogen) atoms. The van der Waals surface area contributed by atoms with Crippen molar-refractivity contribution in [3.8, 4) is 0 Å². The average molecular weight is 358 g/mol. The van der Waals surface area contributed by atoms with Gasteiger partial charge in [-0.2, -0.15) is 0 Å². The minimum absolute atomic E-state index is 0.0878. The Morgan fingerprint density at radius 1 is 1.44 bits per heavy atom. The van der Waals surface area contributed by atoms with E-state index in [4.69, 9.17) is 9.47 Å². The summed E-state index contributed by atoms with van der Waals surface area (Å²) in [5.41, 5.74) is 1.64. The molecule has 1 aromatic carbocycles. The lowest BCUT2D eigenvalue weighted by Gasteiger charge is -2.26. The molecule has 0 aliphatic carbocycles. The van der Waals surface area contributed by atoms with E-state index in [1.807, 2.05) is 47.5 Å². The van der Waals surface area contributed by atoms with E-state index in [1.165, 1.54) is 0 Å². The van der Waals surface area contributed by atoms with Crippen molar-refractivity contribution in [2.75, 3.05) is 32.9 Å². The van der Waals surface area contributed by atoms with E-state index in [1.54, 1.807) is 11.3 Å². The summed E-state index contributed by atoms with van der Waals surface area (Å²) >= 11 is 1.64. The fourth-order valence-electron chi connectivity index (χ4n) is 3.79. The number of carbonyl (C=O) groups is 1. The third-order valence-electron chi connectivity index (χ3n) is 5.14. The predicted molar refractivity (Wildman–Crippen MR) is 95.6 cm³/mol. The minimum Gasteiger partial charge on any atom is -0.380 e. The van der Waals surface area contributed by atoms with Gasteiger partial charge in [0, 0.05) is 35.4 Å². The fourth-order valence-corrected chi connectivity index (χ4v) is 4.38. The van der Waals surface area contributed by atoms with Crippen molar-refractivity contribution in [2.45, 2.75) is 13.5 Å². The van der Waals surface area contributed by atoms with Crippen LogP contribution in [0.15, 0.2) is 35.7 Å². The maximum atomic E-state index is 12.8. The Morgan fingerprint density at radius 3 is 3.04 bits per heavy atom. The van der Waals surface area contributed by atoms with Gasteiger partial charge in [0.15, 0.2) is 0 Å². The number of aromatic nitrogens is 1. The molecule has 0 unspecified atom stereocenters. The summed E-state index contributed by atoms with van der Waals surface area (Å²) in [6, 6.07) is 9.49. The quantitative estimate of drug-likeness (QED) is 0.825. The number of benzene rings is 1. The minimum atomic E-state index is -0.0878. The standard InChI is InChI=1S/C19H22N2O3S/c1-14-20-17(10-25-14)9-24-13-19-11-21(7-16(19)8-23-12-19)18(22)15-5-3-2-4-6-15/h2-6,10,16H,7-9,11-13H2,1H3/t16-,19+/m0/s1. The van der Waals surface area contributed by atoms with Crippen LogP contribution in [0.2, 0.25) is 0 Å². The SMILES string of the molecule is Cc1nc(COC[C@@]23COC[C@@H]2CN(C(=O)c2ccccc2)C3)cs1. The van der Waals surface area contributed by atoms with Crippen molar-refractivity contribution in [3.63, 3.8) is 0 Å². The van der Waals surface area contributed by atoms with E-state index < -0.39 is 0 Å². The first-order valence-electron chi connectivity index (χ1n) is 8.57. The van der Waals surface area contributed by atoms with Crippen LogP contribution < -0.4 is 0 Å². The van der Waals surface area contributed by atoms with Gasteiger partial charge in [-0.1, -0.05) is 18.2 Å². The number of carbonyl (C=O) groups excluding carboxylic acids is 1. The molecule has 6 heteroatoms. The molecule has 4 rings (SSSR count). The average Bonchev–Trinajstić information content (AvgIpc) is 3.29. The number of hydrogen-bond acceptors (Lipinski definition) is 5. The van der Waals surface area contributed by atoms with Crippen LogP contribution in [0.4, 0.5) is 0 Å². The molecular formula is C19H22N2O3S. The van der Waals surface area contributed by atoms with Crippen LogP contribution in [0, 0.1) is 18.3 Å². The van der Waals surface area contributed by atoms with Gasteiger partial charge in [0.2, 0.25) is 0 Å². The molecular weight excluding hydrogens is 336 g/mol. The first kappa shape index (κ1) is 16.7. The maximum Gasteiger partial charge on any atom is 0.253 e. The Labute approximate surface area is 151 Å². The topological polar surface area (TPSA) is 51.7 Å². The number of ether oxygens (including phenoxy) is 2. The lowest BCUT2D eigenvalue weighted by molar-refractivity contribution is 0.0176. The lowest BCUT2D eigenvalue weighted by Crippen LogP contribution is -2.37. The summed E-state index contributed by atoms with van der Waals surface area (Å²) in [6.07, 6.45) is 0. The van der Waals surface area contributed by atoms with E-state index in [2.05, 4.69) is 4.98 Å². The van der Waals surface area contributed by atoms with E-state index >= 15 is 0 Å². The second-order valence-electron chi connectivity index (χ2n) is 6.98. The second kappa shape index (κ2) is 6.86. The highest BCUT2D eigenvalue weighted by Gasteiger charge is 2.52. The Morgan fingerprint density at radius 2 is 2.28 bits per heavy atom. The Balaban J connectivity index is 1.41. The molecule has 2 fully saturated rings. The summed E-state index contributed by atoms with van der Waals surface area (Å²) in [4.78, 5) is 19.1. The second-order valence-corrected chi connectivity index (χ2v) is 8.04. The van der Waals surface area contributed by atoms with Crippen LogP contribution in [0.3, 0.4) is 0 Å². The molecule has 5 nitrogen and oxygen atoms in total. The number of thiazole rings is 1. The highest BCUT2D eigenvalue weighted by molar-refractivity contribution is 7.09. The van der Waals surface area contributed by atoms with Gasteiger partial charge >= 0.3 is 0 Å². The highest BCUT2D eigenvalue weighted by atomic mass is 32.1. The molecule has 2 saturated heterocycles. The number of nitrogens with zero attached hydrogens (tertiary/aromatic N) is 2. The van der Waals surface area contributed by atoms with Gasteiger partial charge in [0.1, 0.15) is 0 Å². The predicted octanol–water partition coefficient (Wildman–Crippen LogP) is 2.76. The third kappa shape index (κ3) is 3.34. The Hall–Kier alpha value is -1.76. The van der Waals surface area contributed by atoms with Gasteiger partial charge in [-0.3, -0.25) is 4.79 Å².